The lowest BCUT2D eigenvalue weighted by molar-refractivity contribution is -0.137. The molecule has 1 aromatic heterocycles. The van der Waals surface area contributed by atoms with Gasteiger partial charge in [-0.1, -0.05) is 12.1 Å². The number of nitrogens with zero attached hydrogens (tertiary/aromatic N) is 1. The molecule has 0 aliphatic rings. The molecule has 0 saturated carbocycles. The van der Waals surface area contributed by atoms with Crippen molar-refractivity contribution >= 4 is 35.8 Å². The zero-order valence-corrected chi connectivity index (χ0v) is 19.3. The molecule has 0 atom stereocenters. The average molecular weight is 494 g/mol. The summed E-state index contributed by atoms with van der Waals surface area (Å²) in [4.78, 5) is 25.6. The number of ether oxygens (including phenoxy) is 2. The molecule has 6 nitrogen and oxygen atoms in total. The van der Waals surface area contributed by atoms with E-state index in [4.69, 9.17) is 14.6 Å². The van der Waals surface area contributed by atoms with Gasteiger partial charge in [-0.25, -0.2) is 8.78 Å². The van der Waals surface area contributed by atoms with Gasteiger partial charge in [0, 0.05) is 24.1 Å². The van der Waals surface area contributed by atoms with Gasteiger partial charge in [0.25, 0.3) is 5.91 Å². The Balaban J connectivity index is 1.63. The number of rotatable bonds is 10. The molecular weight excluding hydrogens is 472 g/mol. The molecule has 2 aromatic carbocycles. The number of hydrogen-bond acceptors (Lipinski definition) is 6. The molecule has 0 fully saturated rings. The van der Waals surface area contributed by atoms with E-state index >= 15 is 0 Å². The van der Waals surface area contributed by atoms with Gasteiger partial charge < -0.3 is 19.5 Å². The van der Waals surface area contributed by atoms with Crippen molar-refractivity contribution in [2.75, 3.05) is 26.8 Å². The number of amides is 1. The fraction of sp³-hybridized carbons (Fsp3) is 0.217. The van der Waals surface area contributed by atoms with E-state index < -0.39 is 24.1 Å². The third-order valence-corrected chi connectivity index (χ3v) is 5.99. The van der Waals surface area contributed by atoms with Crippen molar-refractivity contribution < 1.29 is 33.0 Å². The Morgan fingerprint density at radius 1 is 1.12 bits per heavy atom. The monoisotopic (exact) mass is 493 g/mol. The lowest BCUT2D eigenvalue weighted by Crippen LogP contribution is -2.37. The molecular formula is C23H21F2NO5S2. The van der Waals surface area contributed by atoms with Gasteiger partial charge in [-0.05, 0) is 46.8 Å². The maximum Gasteiger partial charge on any atom is 0.323 e. The van der Waals surface area contributed by atoms with Gasteiger partial charge in [0.05, 0.1) is 11.5 Å². The van der Waals surface area contributed by atoms with Crippen LogP contribution in [-0.2, 0) is 16.1 Å². The van der Waals surface area contributed by atoms with Crippen LogP contribution in [0, 0.1) is 11.6 Å². The summed E-state index contributed by atoms with van der Waals surface area (Å²) in [5, 5.41) is 10.8. The molecule has 3 rings (SSSR count). The van der Waals surface area contributed by atoms with E-state index in [1.807, 2.05) is 0 Å². The van der Waals surface area contributed by atoms with Crippen molar-refractivity contribution in [2.24, 2.45) is 0 Å². The Morgan fingerprint density at radius 2 is 1.82 bits per heavy atom. The molecule has 1 heterocycles. The van der Waals surface area contributed by atoms with Gasteiger partial charge in [-0.3, -0.25) is 9.59 Å². The number of benzene rings is 2. The largest absolute Gasteiger partial charge is 0.489 e. The first-order valence-corrected chi connectivity index (χ1v) is 11.1. The maximum absolute atomic E-state index is 13.6. The number of methoxy groups -OCH3 is 1. The molecule has 0 aliphatic heterocycles. The summed E-state index contributed by atoms with van der Waals surface area (Å²) in [5.41, 5.74) is 1.88. The summed E-state index contributed by atoms with van der Waals surface area (Å²) in [7, 11) is 1.48. The van der Waals surface area contributed by atoms with Crippen molar-refractivity contribution in [1.29, 1.82) is 0 Å². The van der Waals surface area contributed by atoms with E-state index in [1.54, 1.807) is 35.7 Å². The highest BCUT2D eigenvalue weighted by molar-refractivity contribution is 7.80. The number of hydrogen-bond donors (Lipinski definition) is 2. The van der Waals surface area contributed by atoms with Crippen molar-refractivity contribution in [3.05, 3.63) is 69.9 Å². The first-order chi connectivity index (χ1) is 15.8. The molecule has 0 unspecified atom stereocenters. The molecule has 1 N–H and O–H groups in total. The van der Waals surface area contributed by atoms with Crippen LogP contribution in [0.15, 0.2) is 52.7 Å². The highest BCUT2D eigenvalue weighted by Gasteiger charge is 2.20. The van der Waals surface area contributed by atoms with E-state index in [1.165, 1.54) is 23.3 Å². The van der Waals surface area contributed by atoms with Crippen LogP contribution in [0.3, 0.4) is 0 Å². The highest BCUT2D eigenvalue weighted by Crippen LogP contribution is 2.30. The molecule has 10 heteroatoms. The summed E-state index contributed by atoms with van der Waals surface area (Å²) in [6.07, 6.45) is 0. The lowest BCUT2D eigenvalue weighted by Gasteiger charge is -2.19. The van der Waals surface area contributed by atoms with Gasteiger partial charge >= 0.3 is 5.97 Å². The number of carbonyl (C=O) groups is 2. The van der Waals surface area contributed by atoms with Gasteiger partial charge in [0.2, 0.25) is 0 Å². The number of thiol groups is 1. The number of thiophene rings is 1. The number of carbonyl (C=O) groups excluding carboxylic acids is 1. The predicted molar refractivity (Wildman–Crippen MR) is 123 cm³/mol. The summed E-state index contributed by atoms with van der Waals surface area (Å²) in [6, 6.07) is 10.6. The van der Waals surface area contributed by atoms with E-state index in [2.05, 4.69) is 12.6 Å². The van der Waals surface area contributed by atoms with Gasteiger partial charge in [-0.15, -0.1) is 24.0 Å². The molecule has 0 spiro atoms. The standard InChI is InChI=1S/C23H21F2NO5S2/c1-30-7-6-26(11-22(27)28)23(29)21-8-14(13-33-21)12-31-16-4-2-15(3-5-16)17-9-18(24)19(25)10-20(17)32/h2-5,8-10,13,32H,6-7,11-12H2,1H3,(H,27,28). The molecule has 0 bridgehead atoms. The minimum Gasteiger partial charge on any atom is -0.489 e. The molecule has 3 aromatic rings. The van der Waals surface area contributed by atoms with Crippen molar-refractivity contribution in [3.63, 3.8) is 0 Å². The second kappa shape index (κ2) is 11.3. The smallest absolute Gasteiger partial charge is 0.323 e. The first-order valence-electron chi connectivity index (χ1n) is 9.77. The van der Waals surface area contributed by atoms with E-state index in [0.717, 1.165) is 17.7 Å². The Hall–Kier alpha value is -2.95. The number of aliphatic carboxylic acids is 1. The third-order valence-electron chi connectivity index (χ3n) is 4.65. The number of halogens is 2. The van der Waals surface area contributed by atoms with Crippen molar-refractivity contribution in [1.82, 2.24) is 4.90 Å². The first kappa shape index (κ1) is 24.7. The molecule has 174 valence electrons. The average Bonchev–Trinajstić information content (AvgIpc) is 3.26. The Morgan fingerprint density at radius 3 is 2.48 bits per heavy atom. The Kier molecular flexibility index (Phi) is 8.43. The zero-order chi connectivity index (χ0) is 24.0. The summed E-state index contributed by atoms with van der Waals surface area (Å²) >= 11 is 5.41. The van der Waals surface area contributed by atoms with Crippen LogP contribution in [-0.4, -0.2) is 48.7 Å². The fourth-order valence-corrected chi connectivity index (χ4v) is 4.17. The molecule has 33 heavy (non-hydrogen) atoms. The van der Waals surface area contributed by atoms with E-state index in [9.17, 15) is 18.4 Å². The predicted octanol–water partition coefficient (Wildman–Crippen LogP) is 4.73. The number of carboxylic acids is 1. The van der Waals surface area contributed by atoms with E-state index in [-0.39, 0.29) is 25.7 Å². The lowest BCUT2D eigenvalue weighted by atomic mass is 10.1. The van der Waals surface area contributed by atoms with Gasteiger partial charge in [0.15, 0.2) is 11.6 Å². The summed E-state index contributed by atoms with van der Waals surface area (Å²) in [6.45, 7) is 0.187. The van der Waals surface area contributed by atoms with Gasteiger partial charge in [0.1, 0.15) is 18.9 Å². The summed E-state index contributed by atoms with van der Waals surface area (Å²) in [5.74, 6) is -2.84. The minimum absolute atomic E-state index is 0.170. The van der Waals surface area contributed by atoms with Crippen molar-refractivity contribution in [2.45, 2.75) is 11.5 Å². The van der Waals surface area contributed by atoms with Crippen LogP contribution in [0.4, 0.5) is 8.78 Å². The van der Waals surface area contributed by atoms with Gasteiger partial charge in [-0.2, -0.15) is 0 Å². The van der Waals surface area contributed by atoms with E-state index in [0.29, 0.717) is 26.6 Å². The van der Waals surface area contributed by atoms with Crippen LogP contribution < -0.4 is 4.74 Å². The SMILES string of the molecule is COCCN(CC(=O)O)C(=O)c1cc(COc2ccc(-c3cc(F)c(F)cc3S)cc2)cs1. The molecule has 0 radical (unpaired) electrons. The van der Waals surface area contributed by atoms with Crippen LogP contribution in [0.25, 0.3) is 11.1 Å². The maximum atomic E-state index is 13.6. The van der Waals surface area contributed by atoms with Crippen molar-refractivity contribution in [3.8, 4) is 16.9 Å². The molecule has 0 aliphatic carbocycles. The van der Waals surface area contributed by atoms with Crippen LogP contribution in [0.2, 0.25) is 0 Å². The Labute approximate surface area is 198 Å². The molecule has 0 saturated heterocycles. The second-order valence-electron chi connectivity index (χ2n) is 7.03. The normalized spacial score (nSPS) is 10.8. The topological polar surface area (TPSA) is 76.1 Å². The van der Waals surface area contributed by atoms with Crippen LogP contribution in [0.1, 0.15) is 15.2 Å². The highest BCUT2D eigenvalue weighted by atomic mass is 32.1. The number of carboxylic acid groups (broad SMARTS) is 1. The fourth-order valence-electron chi connectivity index (χ4n) is 3.00. The zero-order valence-electron chi connectivity index (χ0n) is 17.6. The quantitative estimate of drug-likeness (QED) is 0.399. The second-order valence-corrected chi connectivity index (χ2v) is 8.42. The van der Waals surface area contributed by atoms with Crippen LogP contribution >= 0.6 is 24.0 Å². The Bertz CT molecular complexity index is 1130. The summed E-state index contributed by atoms with van der Waals surface area (Å²) < 4.78 is 37.6. The molecule has 1 amide bonds. The van der Waals surface area contributed by atoms with Crippen LogP contribution in [0.5, 0.6) is 5.75 Å². The third kappa shape index (κ3) is 6.53. The minimum atomic E-state index is -1.10.